The SMILES string of the molecule is CCCCC(CC)Cn1c(O)c(/C=C2/C=NN=C2c2ccccc2)sc1=S. The second kappa shape index (κ2) is 9.24. The van der Waals surface area contributed by atoms with E-state index in [0.717, 1.165) is 41.1 Å². The summed E-state index contributed by atoms with van der Waals surface area (Å²) in [5, 5.41) is 19.1. The Kier molecular flexibility index (Phi) is 6.74. The van der Waals surface area contributed by atoms with Crippen molar-refractivity contribution in [3.05, 3.63) is 50.3 Å². The number of rotatable bonds is 8. The third kappa shape index (κ3) is 4.62. The number of aromatic hydroxyl groups is 1. The van der Waals surface area contributed by atoms with Gasteiger partial charge in [0, 0.05) is 17.7 Å². The van der Waals surface area contributed by atoms with Crippen molar-refractivity contribution in [1.29, 1.82) is 0 Å². The summed E-state index contributed by atoms with van der Waals surface area (Å²) in [4.78, 5) is 0.761. The van der Waals surface area contributed by atoms with E-state index in [1.54, 1.807) is 6.21 Å². The van der Waals surface area contributed by atoms with Crippen molar-refractivity contribution in [3.63, 3.8) is 0 Å². The molecule has 3 rings (SSSR count). The summed E-state index contributed by atoms with van der Waals surface area (Å²) in [5.74, 6) is 0.785. The number of allylic oxidation sites excluding steroid dienone is 1. The molecule has 0 bridgehead atoms. The van der Waals surface area contributed by atoms with Crippen LogP contribution in [0.15, 0.2) is 46.1 Å². The fourth-order valence-electron chi connectivity index (χ4n) is 3.18. The monoisotopic (exact) mass is 399 g/mol. The predicted molar refractivity (Wildman–Crippen MR) is 118 cm³/mol. The smallest absolute Gasteiger partial charge is 0.210 e. The third-order valence-electron chi connectivity index (χ3n) is 4.84. The van der Waals surface area contributed by atoms with Crippen molar-refractivity contribution < 1.29 is 5.11 Å². The maximum Gasteiger partial charge on any atom is 0.210 e. The molecule has 1 aliphatic rings. The summed E-state index contributed by atoms with van der Waals surface area (Å²) >= 11 is 6.97. The molecule has 6 heteroatoms. The molecule has 2 heterocycles. The second-order valence-corrected chi connectivity index (χ2v) is 8.42. The van der Waals surface area contributed by atoms with Gasteiger partial charge >= 0.3 is 0 Å². The van der Waals surface area contributed by atoms with Gasteiger partial charge in [-0.1, -0.05) is 63.4 Å². The van der Waals surface area contributed by atoms with Crippen LogP contribution in [0, 0.1) is 9.87 Å². The number of benzene rings is 1. The second-order valence-electron chi connectivity index (χ2n) is 6.74. The number of unbranched alkanes of at least 4 members (excludes halogenated alkanes) is 1. The van der Waals surface area contributed by atoms with Crippen LogP contribution >= 0.6 is 23.6 Å². The molecule has 0 fully saturated rings. The van der Waals surface area contributed by atoms with E-state index in [4.69, 9.17) is 12.2 Å². The highest BCUT2D eigenvalue weighted by Crippen LogP contribution is 2.31. The molecule has 1 atom stereocenters. The Hall–Kier alpha value is -2.05. The van der Waals surface area contributed by atoms with Crippen molar-refractivity contribution in [3.8, 4) is 5.88 Å². The van der Waals surface area contributed by atoms with Crippen LogP contribution in [0.4, 0.5) is 0 Å². The van der Waals surface area contributed by atoms with E-state index in [9.17, 15) is 5.11 Å². The van der Waals surface area contributed by atoms with Gasteiger partial charge in [0.2, 0.25) is 5.88 Å². The van der Waals surface area contributed by atoms with Gasteiger partial charge in [-0.3, -0.25) is 4.57 Å². The Balaban J connectivity index is 1.86. The van der Waals surface area contributed by atoms with Crippen molar-refractivity contribution in [2.45, 2.75) is 46.1 Å². The average molecular weight is 400 g/mol. The number of aromatic nitrogens is 1. The minimum Gasteiger partial charge on any atom is -0.493 e. The lowest BCUT2D eigenvalue weighted by Crippen LogP contribution is -2.10. The summed E-state index contributed by atoms with van der Waals surface area (Å²) < 4.78 is 2.59. The van der Waals surface area contributed by atoms with E-state index in [0.29, 0.717) is 9.87 Å². The Morgan fingerprint density at radius 3 is 2.74 bits per heavy atom. The van der Waals surface area contributed by atoms with Gasteiger partial charge in [0.1, 0.15) is 5.71 Å². The standard InChI is InChI=1S/C21H25N3OS2/c1-3-5-9-15(4-2)14-24-20(25)18(27-21(24)26)12-17-13-22-23-19(17)16-10-7-6-8-11-16/h6-8,10-13,15,25H,3-5,9,14H2,1-2H3/b17-12-. The van der Waals surface area contributed by atoms with Gasteiger partial charge in [-0.25, -0.2) is 0 Å². The summed E-state index contributed by atoms with van der Waals surface area (Å²) in [6, 6.07) is 9.95. The van der Waals surface area contributed by atoms with E-state index >= 15 is 0 Å². The molecule has 0 aliphatic carbocycles. The topological polar surface area (TPSA) is 49.9 Å². The number of hydrogen-bond acceptors (Lipinski definition) is 5. The highest BCUT2D eigenvalue weighted by molar-refractivity contribution is 7.73. The van der Waals surface area contributed by atoms with Crippen molar-refractivity contribution in [2.75, 3.05) is 0 Å². The molecule has 27 heavy (non-hydrogen) atoms. The highest BCUT2D eigenvalue weighted by Gasteiger charge is 2.18. The molecule has 0 radical (unpaired) electrons. The Bertz CT molecular complexity index is 923. The summed E-state index contributed by atoms with van der Waals surface area (Å²) in [5.41, 5.74) is 2.71. The van der Waals surface area contributed by atoms with Crippen molar-refractivity contribution >= 4 is 41.6 Å². The molecule has 142 valence electrons. The Morgan fingerprint density at radius 2 is 2.04 bits per heavy atom. The fraction of sp³-hybridized carbons (Fsp3) is 0.381. The first-order chi connectivity index (χ1) is 13.1. The molecule has 1 unspecified atom stereocenters. The molecule has 0 amide bonds. The minimum absolute atomic E-state index is 0.250. The van der Waals surface area contributed by atoms with Crippen LogP contribution in [0.25, 0.3) is 6.08 Å². The van der Waals surface area contributed by atoms with Gasteiger partial charge in [-0.05, 0) is 30.6 Å². The Labute approximate surface area is 169 Å². The third-order valence-corrected chi connectivity index (χ3v) is 6.23. The lowest BCUT2D eigenvalue weighted by Gasteiger charge is -2.15. The molecule has 0 saturated heterocycles. The number of nitrogens with zero attached hydrogens (tertiary/aromatic N) is 3. The van der Waals surface area contributed by atoms with E-state index in [-0.39, 0.29) is 5.88 Å². The van der Waals surface area contributed by atoms with Crippen LogP contribution in [0.2, 0.25) is 0 Å². The van der Waals surface area contributed by atoms with Gasteiger partial charge in [-0.15, -0.1) is 16.4 Å². The van der Waals surface area contributed by atoms with Gasteiger partial charge in [0.25, 0.3) is 0 Å². The molecule has 1 N–H and O–H groups in total. The Morgan fingerprint density at radius 1 is 1.26 bits per heavy atom. The van der Waals surface area contributed by atoms with Gasteiger partial charge < -0.3 is 5.11 Å². The quantitative estimate of drug-likeness (QED) is 0.547. The van der Waals surface area contributed by atoms with Gasteiger partial charge in [0.15, 0.2) is 3.95 Å². The maximum atomic E-state index is 10.8. The van der Waals surface area contributed by atoms with Crippen LogP contribution in [-0.2, 0) is 6.54 Å². The zero-order valence-corrected chi connectivity index (χ0v) is 17.4. The molecule has 0 spiro atoms. The molecular formula is C21H25N3OS2. The molecule has 2 aromatic rings. The van der Waals surface area contributed by atoms with Crippen LogP contribution < -0.4 is 0 Å². The first-order valence-electron chi connectivity index (χ1n) is 9.45. The average Bonchev–Trinajstić information content (AvgIpc) is 3.25. The maximum absolute atomic E-state index is 10.8. The van der Waals surface area contributed by atoms with E-state index in [2.05, 4.69) is 24.1 Å². The van der Waals surface area contributed by atoms with Crippen LogP contribution in [0.1, 0.15) is 50.0 Å². The van der Waals surface area contributed by atoms with E-state index in [1.165, 1.54) is 24.2 Å². The first-order valence-corrected chi connectivity index (χ1v) is 10.7. The lowest BCUT2D eigenvalue weighted by molar-refractivity contribution is 0.347. The van der Waals surface area contributed by atoms with E-state index in [1.807, 2.05) is 41.0 Å². The molecule has 1 aromatic heterocycles. The normalized spacial score (nSPS) is 16.1. The zero-order chi connectivity index (χ0) is 19.2. The van der Waals surface area contributed by atoms with E-state index < -0.39 is 0 Å². The predicted octanol–water partition coefficient (Wildman–Crippen LogP) is 6.07. The summed E-state index contributed by atoms with van der Waals surface area (Å²) in [6.07, 6.45) is 8.31. The van der Waals surface area contributed by atoms with Crippen molar-refractivity contribution in [2.24, 2.45) is 16.1 Å². The largest absolute Gasteiger partial charge is 0.493 e. The summed E-state index contributed by atoms with van der Waals surface area (Å²) in [7, 11) is 0. The van der Waals surface area contributed by atoms with Crippen molar-refractivity contribution in [1.82, 2.24) is 4.57 Å². The summed E-state index contributed by atoms with van der Waals surface area (Å²) in [6.45, 7) is 5.18. The molecule has 1 aromatic carbocycles. The first kappa shape index (κ1) is 19.7. The fourth-order valence-corrected chi connectivity index (χ4v) is 4.46. The number of thiazole rings is 1. The van der Waals surface area contributed by atoms with Crippen LogP contribution in [0.5, 0.6) is 5.88 Å². The zero-order valence-electron chi connectivity index (χ0n) is 15.8. The molecule has 1 aliphatic heterocycles. The minimum atomic E-state index is 0.250. The van der Waals surface area contributed by atoms with Crippen LogP contribution in [-0.4, -0.2) is 21.6 Å². The van der Waals surface area contributed by atoms with Gasteiger partial charge in [-0.2, -0.15) is 5.10 Å². The highest BCUT2D eigenvalue weighted by atomic mass is 32.1. The lowest BCUT2D eigenvalue weighted by atomic mass is 9.99. The molecule has 0 saturated carbocycles. The van der Waals surface area contributed by atoms with Crippen LogP contribution in [0.3, 0.4) is 0 Å². The molecular weight excluding hydrogens is 374 g/mol. The number of hydrogen-bond donors (Lipinski definition) is 1. The molecule has 4 nitrogen and oxygen atoms in total. The van der Waals surface area contributed by atoms with Gasteiger partial charge in [0.05, 0.1) is 11.1 Å².